The van der Waals surface area contributed by atoms with E-state index in [0.29, 0.717) is 17.0 Å². The van der Waals surface area contributed by atoms with Gasteiger partial charge in [0, 0.05) is 30.1 Å². The lowest BCUT2D eigenvalue weighted by atomic mass is 10.2. The Morgan fingerprint density at radius 3 is 3.17 bits per heavy atom. The first-order valence-electron chi connectivity index (χ1n) is 5.62. The smallest absolute Gasteiger partial charge is 0.228 e. The van der Waals surface area contributed by atoms with Crippen molar-refractivity contribution in [3.05, 3.63) is 22.8 Å². The fourth-order valence-electron chi connectivity index (χ4n) is 1.98. The molecule has 7 heteroatoms. The Kier molecular flexibility index (Phi) is 2.75. The number of thiazole rings is 1. The topological polar surface area (TPSA) is 77.2 Å². The minimum atomic E-state index is 0.578. The van der Waals surface area contributed by atoms with Crippen LogP contribution in [0.25, 0.3) is 0 Å². The molecule has 2 N–H and O–H groups in total. The summed E-state index contributed by atoms with van der Waals surface area (Å²) in [6.07, 6.45) is 2.58. The molecule has 6 nitrogen and oxygen atoms in total. The molecular formula is C11H13N5OS. The first kappa shape index (κ1) is 11.2. The van der Waals surface area contributed by atoms with Crippen molar-refractivity contribution in [1.82, 2.24) is 15.0 Å². The zero-order valence-electron chi connectivity index (χ0n) is 9.96. The highest BCUT2D eigenvalue weighted by molar-refractivity contribution is 7.15. The van der Waals surface area contributed by atoms with Crippen LogP contribution in [0.15, 0.2) is 12.3 Å². The summed E-state index contributed by atoms with van der Waals surface area (Å²) in [5, 5.41) is 0.633. The molecule has 3 heterocycles. The van der Waals surface area contributed by atoms with Crippen molar-refractivity contribution in [2.75, 3.05) is 24.3 Å². The Hall–Kier alpha value is -1.89. The molecule has 0 atom stereocenters. The zero-order valence-corrected chi connectivity index (χ0v) is 10.8. The van der Waals surface area contributed by atoms with E-state index in [0.717, 1.165) is 25.2 Å². The van der Waals surface area contributed by atoms with Crippen LogP contribution in [-0.4, -0.2) is 28.6 Å². The molecule has 0 radical (unpaired) electrons. The number of ether oxygens (including phenoxy) is 1. The maximum Gasteiger partial charge on any atom is 0.228 e. The van der Waals surface area contributed by atoms with Gasteiger partial charge in [-0.1, -0.05) is 0 Å². The van der Waals surface area contributed by atoms with Crippen LogP contribution >= 0.6 is 11.3 Å². The molecule has 3 rings (SSSR count). The number of nitrogen functional groups attached to an aromatic ring is 1. The van der Waals surface area contributed by atoms with Gasteiger partial charge < -0.3 is 15.4 Å². The molecule has 1 aliphatic heterocycles. The molecule has 0 unspecified atom stereocenters. The Labute approximate surface area is 108 Å². The molecule has 0 amide bonds. The molecule has 0 aliphatic carbocycles. The van der Waals surface area contributed by atoms with Crippen molar-refractivity contribution in [2.24, 2.45) is 0 Å². The fourth-order valence-corrected chi connectivity index (χ4v) is 2.88. The van der Waals surface area contributed by atoms with E-state index in [1.807, 2.05) is 0 Å². The quantitative estimate of drug-likeness (QED) is 0.874. The number of rotatable bonds is 2. The summed E-state index contributed by atoms with van der Waals surface area (Å²) in [6.45, 7) is 1.61. The van der Waals surface area contributed by atoms with Crippen LogP contribution in [0.1, 0.15) is 10.6 Å². The fraction of sp³-hybridized carbons (Fsp3) is 0.364. The zero-order chi connectivity index (χ0) is 12.5. The van der Waals surface area contributed by atoms with E-state index in [-0.39, 0.29) is 0 Å². The Morgan fingerprint density at radius 2 is 2.33 bits per heavy atom. The van der Waals surface area contributed by atoms with Crippen LogP contribution in [0, 0.1) is 0 Å². The van der Waals surface area contributed by atoms with Crippen LogP contribution in [-0.2, 0) is 13.0 Å². The Balaban J connectivity index is 1.86. The third-order valence-electron chi connectivity index (χ3n) is 2.86. The highest BCUT2D eigenvalue weighted by atomic mass is 32.1. The first-order chi connectivity index (χ1) is 8.76. The highest BCUT2D eigenvalue weighted by Gasteiger charge is 2.22. The van der Waals surface area contributed by atoms with Crippen molar-refractivity contribution < 1.29 is 4.74 Å². The van der Waals surface area contributed by atoms with E-state index < -0.39 is 0 Å². The van der Waals surface area contributed by atoms with Gasteiger partial charge in [-0.3, -0.25) is 0 Å². The van der Waals surface area contributed by atoms with Gasteiger partial charge in [-0.05, 0) is 0 Å². The summed E-state index contributed by atoms with van der Waals surface area (Å²) in [5.74, 6) is 1.27. The van der Waals surface area contributed by atoms with E-state index >= 15 is 0 Å². The van der Waals surface area contributed by atoms with Crippen LogP contribution in [0.2, 0.25) is 0 Å². The summed E-state index contributed by atoms with van der Waals surface area (Å²) >= 11 is 1.54. The van der Waals surface area contributed by atoms with Crippen LogP contribution in [0.3, 0.4) is 0 Å². The number of hydrogen-bond acceptors (Lipinski definition) is 7. The molecule has 0 saturated carbocycles. The van der Waals surface area contributed by atoms with Crippen LogP contribution in [0.5, 0.6) is 5.88 Å². The largest absolute Gasteiger partial charge is 0.481 e. The van der Waals surface area contributed by atoms with Gasteiger partial charge >= 0.3 is 0 Å². The third kappa shape index (κ3) is 1.97. The summed E-state index contributed by atoms with van der Waals surface area (Å²) in [4.78, 5) is 16.2. The SMILES string of the molecule is COc1ccnc(N2CCc3nc(N)sc3C2)n1. The lowest BCUT2D eigenvalue weighted by molar-refractivity contribution is 0.396. The molecule has 0 bridgehead atoms. The van der Waals surface area contributed by atoms with Gasteiger partial charge in [0.25, 0.3) is 0 Å². The second kappa shape index (κ2) is 4.41. The molecule has 2 aromatic heterocycles. The Bertz CT molecular complexity index is 570. The molecule has 18 heavy (non-hydrogen) atoms. The van der Waals surface area contributed by atoms with Crippen molar-refractivity contribution in [1.29, 1.82) is 0 Å². The minimum Gasteiger partial charge on any atom is -0.481 e. The molecular weight excluding hydrogens is 250 g/mol. The van der Waals surface area contributed by atoms with Crippen molar-refractivity contribution in [2.45, 2.75) is 13.0 Å². The Morgan fingerprint density at radius 1 is 1.44 bits per heavy atom. The van der Waals surface area contributed by atoms with E-state index in [1.54, 1.807) is 19.4 Å². The number of nitrogens with two attached hydrogens (primary N) is 1. The number of fused-ring (bicyclic) bond motifs is 1. The number of anilines is 2. The predicted octanol–water partition coefficient (Wildman–Crippen LogP) is 1.09. The van der Waals surface area contributed by atoms with Gasteiger partial charge in [0.15, 0.2) is 5.13 Å². The lowest BCUT2D eigenvalue weighted by Crippen LogP contribution is -2.31. The maximum absolute atomic E-state index is 5.73. The molecule has 2 aromatic rings. The van der Waals surface area contributed by atoms with Gasteiger partial charge in [0.2, 0.25) is 11.8 Å². The molecule has 94 valence electrons. The van der Waals surface area contributed by atoms with Crippen molar-refractivity contribution in [3.8, 4) is 5.88 Å². The second-order valence-corrected chi connectivity index (χ2v) is 5.11. The predicted molar refractivity (Wildman–Crippen MR) is 69.9 cm³/mol. The third-order valence-corrected chi connectivity index (χ3v) is 3.77. The highest BCUT2D eigenvalue weighted by Crippen LogP contribution is 2.28. The van der Waals surface area contributed by atoms with Crippen LogP contribution < -0.4 is 15.4 Å². The standard InChI is InChI=1S/C11H13N5OS/c1-17-9-2-4-13-11(15-9)16-5-3-7-8(6-16)18-10(12)14-7/h2,4H,3,5-6H2,1H3,(H2,12,14). The monoisotopic (exact) mass is 263 g/mol. The lowest BCUT2D eigenvalue weighted by Gasteiger charge is -2.25. The van der Waals surface area contributed by atoms with E-state index in [1.165, 1.54) is 16.2 Å². The van der Waals surface area contributed by atoms with E-state index in [9.17, 15) is 0 Å². The summed E-state index contributed by atoms with van der Waals surface area (Å²) in [7, 11) is 1.60. The maximum atomic E-state index is 5.73. The summed E-state index contributed by atoms with van der Waals surface area (Å²) in [6, 6.07) is 1.74. The van der Waals surface area contributed by atoms with Crippen LogP contribution in [0.4, 0.5) is 11.1 Å². The molecule has 0 aromatic carbocycles. The molecule has 0 spiro atoms. The summed E-state index contributed by atoms with van der Waals surface area (Å²) < 4.78 is 5.11. The van der Waals surface area contributed by atoms with Gasteiger partial charge in [0.05, 0.1) is 19.3 Å². The van der Waals surface area contributed by atoms with E-state index in [4.69, 9.17) is 10.5 Å². The molecule has 0 saturated heterocycles. The average molecular weight is 263 g/mol. The number of methoxy groups -OCH3 is 1. The summed E-state index contributed by atoms with van der Waals surface area (Å²) in [5.41, 5.74) is 6.83. The number of nitrogens with zero attached hydrogens (tertiary/aromatic N) is 4. The minimum absolute atomic E-state index is 0.578. The van der Waals surface area contributed by atoms with E-state index in [2.05, 4.69) is 19.9 Å². The number of aromatic nitrogens is 3. The van der Waals surface area contributed by atoms with Gasteiger partial charge in [-0.2, -0.15) is 4.98 Å². The normalized spacial score (nSPS) is 14.4. The number of hydrogen-bond donors (Lipinski definition) is 1. The van der Waals surface area contributed by atoms with Crippen molar-refractivity contribution in [3.63, 3.8) is 0 Å². The van der Waals surface area contributed by atoms with Crippen molar-refractivity contribution >= 4 is 22.4 Å². The molecule has 1 aliphatic rings. The van der Waals surface area contributed by atoms with Gasteiger partial charge in [0.1, 0.15) is 0 Å². The average Bonchev–Trinajstić information content (AvgIpc) is 2.77. The first-order valence-corrected chi connectivity index (χ1v) is 6.44. The molecule has 0 fully saturated rings. The van der Waals surface area contributed by atoms with Gasteiger partial charge in [-0.25, -0.2) is 9.97 Å². The second-order valence-electron chi connectivity index (χ2n) is 3.99. The van der Waals surface area contributed by atoms with Gasteiger partial charge in [-0.15, -0.1) is 11.3 Å².